The predicted octanol–water partition coefficient (Wildman–Crippen LogP) is 0.478. The van der Waals surface area contributed by atoms with E-state index in [1.54, 1.807) is 10.7 Å². The van der Waals surface area contributed by atoms with Crippen LogP contribution in [0.25, 0.3) is 0 Å². The third-order valence-corrected chi connectivity index (χ3v) is 2.82. The largest absolute Gasteiger partial charge is 0.396 e. The zero-order chi connectivity index (χ0) is 11.4. The average Bonchev–Trinajstić information content (AvgIpc) is 2.90. The summed E-state index contributed by atoms with van der Waals surface area (Å²) in [5, 5.41) is 22.6. The third-order valence-electron chi connectivity index (χ3n) is 2.82. The zero-order valence-corrected chi connectivity index (χ0v) is 9.25. The Labute approximate surface area is 94.7 Å². The fourth-order valence-electron chi connectivity index (χ4n) is 1.92. The van der Waals surface area contributed by atoms with Crippen LogP contribution in [0, 0.1) is 0 Å². The first-order valence-corrected chi connectivity index (χ1v) is 5.73. The lowest BCUT2D eigenvalue weighted by atomic mass is 10.2. The molecule has 1 aromatic heterocycles. The van der Waals surface area contributed by atoms with Gasteiger partial charge < -0.3 is 14.9 Å². The standard InChI is InChI=1S/C11H18N2O3/c14-6-4-11(15)10-3-5-13(12-10)8-9-2-1-7-16-9/h3,5,9,11,14-15H,1-2,4,6-8H2/t9-,11+/m0/s1. The van der Waals surface area contributed by atoms with Crippen LogP contribution >= 0.6 is 0 Å². The average molecular weight is 226 g/mol. The molecule has 0 amide bonds. The van der Waals surface area contributed by atoms with Gasteiger partial charge >= 0.3 is 0 Å². The second-order valence-electron chi connectivity index (χ2n) is 4.13. The van der Waals surface area contributed by atoms with Gasteiger partial charge in [0.25, 0.3) is 0 Å². The Morgan fingerprint density at radius 1 is 1.62 bits per heavy atom. The number of aliphatic hydroxyl groups is 2. The smallest absolute Gasteiger partial charge is 0.1000 e. The Balaban J connectivity index is 1.90. The van der Waals surface area contributed by atoms with Crippen molar-refractivity contribution in [2.24, 2.45) is 0 Å². The van der Waals surface area contributed by atoms with Crippen molar-refractivity contribution in [3.8, 4) is 0 Å². The van der Waals surface area contributed by atoms with Crippen molar-refractivity contribution in [2.75, 3.05) is 13.2 Å². The Morgan fingerprint density at radius 3 is 3.19 bits per heavy atom. The van der Waals surface area contributed by atoms with Crippen LogP contribution in [-0.4, -0.2) is 39.3 Å². The van der Waals surface area contributed by atoms with E-state index in [2.05, 4.69) is 5.10 Å². The topological polar surface area (TPSA) is 67.5 Å². The highest BCUT2D eigenvalue weighted by Gasteiger charge is 2.17. The molecule has 90 valence electrons. The van der Waals surface area contributed by atoms with Crippen molar-refractivity contribution in [3.63, 3.8) is 0 Å². The molecule has 2 rings (SSSR count). The van der Waals surface area contributed by atoms with Gasteiger partial charge in [0.05, 0.1) is 24.4 Å². The fraction of sp³-hybridized carbons (Fsp3) is 0.727. The monoisotopic (exact) mass is 226 g/mol. The SMILES string of the molecule is OCC[C@@H](O)c1ccn(C[C@@H]2CCCO2)n1. The van der Waals surface area contributed by atoms with Gasteiger partial charge in [0, 0.05) is 25.8 Å². The summed E-state index contributed by atoms with van der Waals surface area (Å²) in [7, 11) is 0. The first-order valence-electron chi connectivity index (χ1n) is 5.73. The van der Waals surface area contributed by atoms with Crippen LogP contribution in [0.15, 0.2) is 12.3 Å². The van der Waals surface area contributed by atoms with Crippen LogP contribution in [0.2, 0.25) is 0 Å². The number of aliphatic hydroxyl groups excluding tert-OH is 2. The van der Waals surface area contributed by atoms with E-state index in [9.17, 15) is 5.11 Å². The van der Waals surface area contributed by atoms with E-state index in [-0.39, 0.29) is 12.7 Å². The van der Waals surface area contributed by atoms with Crippen molar-refractivity contribution < 1.29 is 14.9 Å². The van der Waals surface area contributed by atoms with Crippen LogP contribution < -0.4 is 0 Å². The van der Waals surface area contributed by atoms with E-state index in [1.807, 2.05) is 6.20 Å². The molecule has 5 heteroatoms. The maximum absolute atomic E-state index is 9.63. The molecule has 1 aromatic rings. The van der Waals surface area contributed by atoms with E-state index in [0.717, 1.165) is 26.0 Å². The maximum Gasteiger partial charge on any atom is 0.1000 e. The normalized spacial score (nSPS) is 22.5. The van der Waals surface area contributed by atoms with Crippen LogP contribution in [0.4, 0.5) is 0 Å². The number of nitrogens with zero attached hydrogens (tertiary/aromatic N) is 2. The number of aromatic nitrogens is 2. The van der Waals surface area contributed by atoms with Gasteiger partial charge in [-0.2, -0.15) is 5.10 Å². The van der Waals surface area contributed by atoms with Gasteiger partial charge in [0.15, 0.2) is 0 Å². The molecule has 5 nitrogen and oxygen atoms in total. The number of ether oxygens (including phenoxy) is 1. The summed E-state index contributed by atoms with van der Waals surface area (Å²) in [6.45, 7) is 1.55. The van der Waals surface area contributed by atoms with Crippen molar-refractivity contribution in [1.29, 1.82) is 0 Å². The lowest BCUT2D eigenvalue weighted by Crippen LogP contribution is -2.15. The second kappa shape index (κ2) is 5.43. The second-order valence-corrected chi connectivity index (χ2v) is 4.13. The molecule has 0 saturated carbocycles. The van der Waals surface area contributed by atoms with Gasteiger partial charge in [-0.1, -0.05) is 0 Å². The van der Waals surface area contributed by atoms with E-state index in [1.165, 1.54) is 0 Å². The first-order chi connectivity index (χ1) is 7.79. The molecule has 0 radical (unpaired) electrons. The molecule has 0 aromatic carbocycles. The highest BCUT2D eigenvalue weighted by atomic mass is 16.5. The molecule has 16 heavy (non-hydrogen) atoms. The van der Waals surface area contributed by atoms with Gasteiger partial charge in [0.1, 0.15) is 0 Å². The minimum atomic E-state index is -0.671. The predicted molar refractivity (Wildman–Crippen MR) is 57.9 cm³/mol. The molecule has 2 N–H and O–H groups in total. The maximum atomic E-state index is 9.63. The van der Waals surface area contributed by atoms with Crippen molar-refractivity contribution in [3.05, 3.63) is 18.0 Å². The van der Waals surface area contributed by atoms with Crippen LogP contribution in [0.5, 0.6) is 0 Å². The lowest BCUT2D eigenvalue weighted by Gasteiger charge is -2.09. The van der Waals surface area contributed by atoms with Crippen LogP contribution in [0.3, 0.4) is 0 Å². The van der Waals surface area contributed by atoms with Crippen LogP contribution in [-0.2, 0) is 11.3 Å². The number of hydrogen-bond donors (Lipinski definition) is 2. The number of hydrogen-bond acceptors (Lipinski definition) is 4. The lowest BCUT2D eigenvalue weighted by molar-refractivity contribution is 0.0926. The highest BCUT2D eigenvalue weighted by Crippen LogP contribution is 2.16. The van der Waals surface area contributed by atoms with Crippen LogP contribution in [0.1, 0.15) is 31.1 Å². The Morgan fingerprint density at radius 2 is 2.50 bits per heavy atom. The summed E-state index contributed by atoms with van der Waals surface area (Å²) in [6, 6.07) is 1.79. The van der Waals surface area contributed by atoms with Gasteiger partial charge in [0.2, 0.25) is 0 Å². The highest BCUT2D eigenvalue weighted by molar-refractivity contribution is 5.02. The minimum absolute atomic E-state index is 0.0280. The van der Waals surface area contributed by atoms with E-state index < -0.39 is 6.10 Å². The minimum Gasteiger partial charge on any atom is -0.396 e. The Kier molecular flexibility index (Phi) is 3.93. The molecular weight excluding hydrogens is 208 g/mol. The fourth-order valence-corrected chi connectivity index (χ4v) is 1.92. The summed E-state index contributed by atoms with van der Waals surface area (Å²) in [5.41, 5.74) is 0.618. The summed E-state index contributed by atoms with van der Waals surface area (Å²) in [4.78, 5) is 0. The van der Waals surface area contributed by atoms with E-state index in [4.69, 9.17) is 9.84 Å². The van der Waals surface area contributed by atoms with E-state index >= 15 is 0 Å². The summed E-state index contributed by atoms with van der Waals surface area (Å²) in [6.07, 6.45) is 3.95. The first kappa shape index (κ1) is 11.6. The molecule has 2 heterocycles. The molecule has 0 spiro atoms. The van der Waals surface area contributed by atoms with Crippen molar-refractivity contribution in [1.82, 2.24) is 9.78 Å². The van der Waals surface area contributed by atoms with Gasteiger partial charge in [-0.05, 0) is 18.9 Å². The molecule has 1 aliphatic heterocycles. The van der Waals surface area contributed by atoms with Gasteiger partial charge in [-0.3, -0.25) is 4.68 Å². The molecule has 0 unspecified atom stereocenters. The number of rotatable bonds is 5. The van der Waals surface area contributed by atoms with Gasteiger partial charge in [-0.25, -0.2) is 0 Å². The summed E-state index contributed by atoms with van der Waals surface area (Å²) >= 11 is 0. The Hall–Kier alpha value is -0.910. The molecule has 2 atom stereocenters. The molecule has 0 aliphatic carbocycles. The summed E-state index contributed by atoms with van der Waals surface area (Å²) in [5.74, 6) is 0. The molecule has 1 aliphatic rings. The molecule has 1 saturated heterocycles. The molecule has 0 bridgehead atoms. The third kappa shape index (κ3) is 2.81. The van der Waals surface area contributed by atoms with Gasteiger partial charge in [-0.15, -0.1) is 0 Å². The van der Waals surface area contributed by atoms with Crippen molar-refractivity contribution in [2.45, 2.75) is 38.0 Å². The molecular formula is C11H18N2O3. The quantitative estimate of drug-likeness (QED) is 0.766. The summed E-state index contributed by atoms with van der Waals surface area (Å²) < 4.78 is 7.31. The Bertz CT molecular complexity index is 321. The zero-order valence-electron chi connectivity index (χ0n) is 9.25. The van der Waals surface area contributed by atoms with Crippen molar-refractivity contribution >= 4 is 0 Å². The molecule has 1 fully saturated rings. The van der Waals surface area contributed by atoms with E-state index in [0.29, 0.717) is 12.1 Å².